The average Bonchev–Trinajstić information content (AvgIpc) is 3.66. The second-order valence-corrected chi connectivity index (χ2v) is 12.5. The highest BCUT2D eigenvalue weighted by atomic mass is 32.2. The minimum atomic E-state index is -0.778. The second-order valence-electron chi connectivity index (χ2n) is 10.7. The number of nitrogens with zero attached hydrogens (tertiary/aromatic N) is 5. The standard InChI is InChI=1S/C31H27F3N6S2/c1-14-12-35-15(2)24-11-22(38-40(14)24)30-28(26-19(33)9-18(32)10-25(26)41-5)27-20(34)13-42-31(27)29(37-30)17-6-7-23-21(8-17)36-16(3)39(23)4/h6-11,13-15,35H,12H2,1-5H3/t14-,15+/m0/s1. The zero-order chi connectivity index (χ0) is 29.4. The number of rotatable bonds is 4. The van der Waals surface area contributed by atoms with Crippen LogP contribution in [0.4, 0.5) is 13.2 Å². The summed E-state index contributed by atoms with van der Waals surface area (Å²) in [6.45, 7) is 6.80. The van der Waals surface area contributed by atoms with Crippen molar-refractivity contribution in [3.05, 3.63) is 70.7 Å². The first-order valence-corrected chi connectivity index (χ1v) is 15.7. The zero-order valence-electron chi connectivity index (χ0n) is 23.6. The van der Waals surface area contributed by atoms with E-state index in [2.05, 4.69) is 24.1 Å². The molecular formula is C31H27F3N6S2. The predicted molar refractivity (Wildman–Crippen MR) is 164 cm³/mol. The third-order valence-electron chi connectivity index (χ3n) is 8.13. The summed E-state index contributed by atoms with van der Waals surface area (Å²) in [5.74, 6) is -1.10. The number of thioether (sulfide) groups is 1. The van der Waals surface area contributed by atoms with Gasteiger partial charge in [-0.15, -0.1) is 23.1 Å². The summed E-state index contributed by atoms with van der Waals surface area (Å²) in [6, 6.07) is 10.0. The third kappa shape index (κ3) is 4.09. The van der Waals surface area contributed by atoms with Gasteiger partial charge in [0.1, 0.15) is 34.7 Å². The van der Waals surface area contributed by atoms with Gasteiger partial charge in [0.2, 0.25) is 0 Å². The molecule has 6 nitrogen and oxygen atoms in total. The van der Waals surface area contributed by atoms with E-state index in [-0.39, 0.29) is 28.6 Å². The molecule has 5 heterocycles. The smallest absolute Gasteiger partial charge is 0.142 e. The number of hydrogen-bond acceptors (Lipinski definition) is 6. The minimum absolute atomic E-state index is 0.0334. The summed E-state index contributed by atoms with van der Waals surface area (Å²) in [4.78, 5) is 10.2. The van der Waals surface area contributed by atoms with Crippen LogP contribution in [-0.2, 0) is 7.05 Å². The van der Waals surface area contributed by atoms with Gasteiger partial charge in [-0.3, -0.25) is 4.68 Å². The van der Waals surface area contributed by atoms with Crippen molar-refractivity contribution >= 4 is 44.2 Å². The largest absolute Gasteiger partial charge is 0.331 e. The van der Waals surface area contributed by atoms with Gasteiger partial charge >= 0.3 is 0 Å². The molecule has 4 aromatic heterocycles. The molecule has 11 heteroatoms. The SMILES string of the molecule is CSc1cc(F)cc(F)c1-c1c(-c2cc3n(n2)[C@@H](C)CN[C@@H]3C)nc(-c2ccc3c(c2)nc(C)n3C)c2scc(F)c12. The van der Waals surface area contributed by atoms with Gasteiger partial charge in [-0.25, -0.2) is 23.1 Å². The van der Waals surface area contributed by atoms with E-state index in [1.165, 1.54) is 34.5 Å². The van der Waals surface area contributed by atoms with Crippen LogP contribution in [0.15, 0.2) is 46.7 Å². The van der Waals surface area contributed by atoms with Gasteiger partial charge in [-0.05, 0) is 51.3 Å². The molecular weight excluding hydrogens is 578 g/mol. The minimum Gasteiger partial charge on any atom is -0.331 e. The molecule has 1 aliphatic heterocycles. The van der Waals surface area contributed by atoms with Crippen molar-refractivity contribution in [3.63, 3.8) is 0 Å². The Kier molecular flexibility index (Phi) is 6.45. The van der Waals surface area contributed by atoms with Crippen LogP contribution < -0.4 is 5.32 Å². The third-order valence-corrected chi connectivity index (χ3v) is 9.85. The summed E-state index contributed by atoms with van der Waals surface area (Å²) in [6.07, 6.45) is 1.74. The molecule has 0 fully saturated rings. The van der Waals surface area contributed by atoms with Crippen LogP contribution in [0.2, 0.25) is 0 Å². The Hall–Kier alpha value is -3.67. The summed E-state index contributed by atoms with van der Waals surface area (Å²) in [5, 5.41) is 10.1. The first kappa shape index (κ1) is 27.2. The first-order valence-electron chi connectivity index (χ1n) is 13.6. The summed E-state index contributed by atoms with van der Waals surface area (Å²) >= 11 is 2.41. The Morgan fingerprint density at radius 2 is 1.81 bits per heavy atom. The molecule has 0 spiro atoms. The Balaban J connectivity index is 1.60. The van der Waals surface area contributed by atoms with Gasteiger partial charge in [0, 0.05) is 58.1 Å². The number of aryl methyl sites for hydroxylation is 2. The van der Waals surface area contributed by atoms with Crippen LogP contribution in [0.25, 0.3) is 54.9 Å². The molecule has 2 atom stereocenters. The van der Waals surface area contributed by atoms with Crippen molar-refractivity contribution in [2.24, 2.45) is 7.05 Å². The average molecular weight is 605 g/mol. The molecule has 42 heavy (non-hydrogen) atoms. The van der Waals surface area contributed by atoms with Crippen molar-refractivity contribution in [3.8, 4) is 33.8 Å². The van der Waals surface area contributed by atoms with E-state index in [1.54, 1.807) is 6.26 Å². The quantitative estimate of drug-likeness (QED) is 0.206. The molecule has 0 bridgehead atoms. The molecule has 0 aliphatic carbocycles. The Bertz CT molecular complexity index is 2010. The molecule has 0 amide bonds. The number of pyridine rings is 1. The number of imidazole rings is 1. The first-order chi connectivity index (χ1) is 20.2. The molecule has 0 radical (unpaired) electrons. The number of benzene rings is 2. The summed E-state index contributed by atoms with van der Waals surface area (Å²) in [5.41, 5.74) is 5.27. The molecule has 0 saturated heterocycles. The maximum absolute atomic E-state index is 15.9. The second kappa shape index (κ2) is 9.96. The maximum atomic E-state index is 15.9. The number of aromatic nitrogens is 5. The summed E-state index contributed by atoms with van der Waals surface area (Å²) < 4.78 is 50.6. The van der Waals surface area contributed by atoms with E-state index >= 15 is 8.78 Å². The Morgan fingerprint density at radius 1 is 1.00 bits per heavy atom. The van der Waals surface area contributed by atoms with Gasteiger partial charge in [-0.1, -0.05) is 6.07 Å². The van der Waals surface area contributed by atoms with Crippen LogP contribution in [0.3, 0.4) is 0 Å². The molecule has 2 aromatic carbocycles. The lowest BCUT2D eigenvalue weighted by Crippen LogP contribution is -2.34. The van der Waals surface area contributed by atoms with Gasteiger partial charge in [-0.2, -0.15) is 5.10 Å². The van der Waals surface area contributed by atoms with Crippen molar-refractivity contribution in [1.82, 2.24) is 29.6 Å². The topological polar surface area (TPSA) is 60.6 Å². The lowest BCUT2D eigenvalue weighted by molar-refractivity contribution is 0.354. The van der Waals surface area contributed by atoms with Crippen molar-refractivity contribution in [2.45, 2.75) is 37.8 Å². The number of halogens is 3. The van der Waals surface area contributed by atoms with Crippen LogP contribution in [0.5, 0.6) is 0 Å². The maximum Gasteiger partial charge on any atom is 0.142 e. The molecule has 214 valence electrons. The number of hydrogen-bond donors (Lipinski definition) is 1. The summed E-state index contributed by atoms with van der Waals surface area (Å²) in [7, 11) is 1.96. The highest BCUT2D eigenvalue weighted by Gasteiger charge is 2.30. The van der Waals surface area contributed by atoms with Crippen LogP contribution in [0.1, 0.15) is 37.4 Å². The van der Waals surface area contributed by atoms with Crippen LogP contribution in [0, 0.1) is 24.4 Å². The fourth-order valence-electron chi connectivity index (χ4n) is 5.87. The highest BCUT2D eigenvalue weighted by molar-refractivity contribution is 7.98. The number of fused-ring (bicyclic) bond motifs is 3. The fourth-order valence-corrected chi connectivity index (χ4v) is 7.43. The Morgan fingerprint density at radius 3 is 2.57 bits per heavy atom. The number of nitrogens with one attached hydrogen (secondary N) is 1. The van der Waals surface area contributed by atoms with Gasteiger partial charge in [0.15, 0.2) is 0 Å². The van der Waals surface area contributed by atoms with Gasteiger partial charge in [0.25, 0.3) is 0 Å². The van der Waals surface area contributed by atoms with Crippen molar-refractivity contribution in [2.75, 3.05) is 12.8 Å². The lowest BCUT2D eigenvalue weighted by Gasteiger charge is -2.27. The van der Waals surface area contributed by atoms with E-state index in [0.29, 0.717) is 26.7 Å². The molecule has 6 aromatic rings. The molecule has 0 unspecified atom stereocenters. The molecule has 7 rings (SSSR count). The van der Waals surface area contributed by atoms with Gasteiger partial charge < -0.3 is 9.88 Å². The lowest BCUT2D eigenvalue weighted by atomic mass is 9.95. The normalized spacial score (nSPS) is 17.0. The fraction of sp³-hybridized carbons (Fsp3) is 0.258. The van der Waals surface area contributed by atoms with E-state index in [4.69, 9.17) is 10.1 Å². The highest BCUT2D eigenvalue weighted by Crippen LogP contribution is 2.48. The zero-order valence-corrected chi connectivity index (χ0v) is 25.2. The molecule has 1 aliphatic rings. The van der Waals surface area contributed by atoms with Crippen molar-refractivity contribution < 1.29 is 13.2 Å². The molecule has 0 saturated carbocycles. The van der Waals surface area contributed by atoms with Crippen molar-refractivity contribution in [1.29, 1.82) is 0 Å². The van der Waals surface area contributed by atoms with Crippen LogP contribution in [-0.4, -0.2) is 37.1 Å². The van der Waals surface area contributed by atoms with Gasteiger partial charge in [0.05, 0.1) is 33.2 Å². The number of thiophene rings is 1. The monoisotopic (exact) mass is 604 g/mol. The van der Waals surface area contributed by atoms with Crippen LogP contribution >= 0.6 is 23.1 Å². The van der Waals surface area contributed by atoms with E-state index in [1.807, 2.05) is 47.5 Å². The van der Waals surface area contributed by atoms with E-state index in [9.17, 15) is 4.39 Å². The molecule has 1 N–H and O–H groups in total. The van der Waals surface area contributed by atoms with E-state index < -0.39 is 17.5 Å². The predicted octanol–water partition coefficient (Wildman–Crippen LogP) is 8.05. The van der Waals surface area contributed by atoms with E-state index in [0.717, 1.165) is 40.7 Å². The Labute approximate surface area is 248 Å².